The molecule has 0 saturated carbocycles. The van der Waals surface area contributed by atoms with Crippen LogP contribution in [0.25, 0.3) is 0 Å². The van der Waals surface area contributed by atoms with Gasteiger partial charge in [0, 0.05) is 43.2 Å². The largest absolute Gasteiger partial charge is 0.493 e. The van der Waals surface area contributed by atoms with Crippen molar-refractivity contribution in [1.82, 2.24) is 15.5 Å². The summed E-state index contributed by atoms with van der Waals surface area (Å²) >= 11 is 1.78. The smallest absolute Gasteiger partial charge is 0.260 e. The quantitative estimate of drug-likeness (QED) is 0.510. The SMILES string of the molecule is CCSC1=C(NC)CCN(C(=O)COc2c(OC)cccc2OC)C1.NCC1CCCN1. The summed E-state index contributed by atoms with van der Waals surface area (Å²) in [6.45, 7) is 5.36. The number of nitrogens with one attached hydrogen (secondary N) is 2. The van der Waals surface area contributed by atoms with E-state index in [9.17, 15) is 4.79 Å². The Morgan fingerprint density at radius 3 is 2.53 bits per heavy atom. The van der Waals surface area contributed by atoms with Crippen molar-refractivity contribution in [1.29, 1.82) is 0 Å². The molecule has 0 radical (unpaired) electrons. The molecule has 0 aromatic heterocycles. The summed E-state index contributed by atoms with van der Waals surface area (Å²) in [4.78, 5) is 15.6. The molecule has 4 N–H and O–H groups in total. The molecule has 2 aliphatic rings. The molecule has 1 fully saturated rings. The van der Waals surface area contributed by atoms with Crippen LogP contribution in [0.3, 0.4) is 0 Å². The summed E-state index contributed by atoms with van der Waals surface area (Å²) in [5.41, 5.74) is 6.60. The standard InChI is InChI=1S/C18H26N2O4S.C5H12N2/c1-5-25-16-11-20(10-9-13(16)19-2)17(21)12-24-18-14(22-3)7-6-8-15(18)23-4;6-4-5-2-1-3-7-5/h6-8,19H,5,9-12H2,1-4H3;5,7H,1-4,6H2. The van der Waals surface area contributed by atoms with E-state index in [1.54, 1.807) is 38.1 Å². The van der Waals surface area contributed by atoms with Crippen molar-refractivity contribution in [3.8, 4) is 17.2 Å². The number of nitrogens with zero attached hydrogens (tertiary/aromatic N) is 1. The second kappa shape index (κ2) is 14.1. The average molecular weight is 467 g/mol. The third-order valence-corrected chi connectivity index (χ3v) is 6.46. The van der Waals surface area contributed by atoms with E-state index in [1.807, 2.05) is 18.0 Å². The predicted octanol–water partition coefficient (Wildman–Crippen LogP) is 2.20. The Balaban J connectivity index is 0.000000439. The third-order valence-electron chi connectivity index (χ3n) is 5.45. The van der Waals surface area contributed by atoms with Crippen molar-refractivity contribution in [3.05, 3.63) is 28.8 Å². The van der Waals surface area contributed by atoms with Gasteiger partial charge in [-0.3, -0.25) is 4.79 Å². The molecule has 32 heavy (non-hydrogen) atoms. The summed E-state index contributed by atoms with van der Waals surface area (Å²) in [5.74, 6) is 2.48. The summed E-state index contributed by atoms with van der Waals surface area (Å²) in [6.07, 6.45) is 3.42. The van der Waals surface area contributed by atoms with Crippen LogP contribution in [0.5, 0.6) is 17.2 Å². The van der Waals surface area contributed by atoms with E-state index in [0.717, 1.165) is 18.7 Å². The highest BCUT2D eigenvalue weighted by atomic mass is 32.2. The Hall–Kier alpha value is -2.10. The van der Waals surface area contributed by atoms with E-state index in [4.69, 9.17) is 19.9 Å². The number of rotatable bonds is 9. The summed E-state index contributed by atoms with van der Waals surface area (Å²) < 4.78 is 16.3. The van der Waals surface area contributed by atoms with Gasteiger partial charge in [-0.25, -0.2) is 0 Å². The lowest BCUT2D eigenvalue weighted by atomic mass is 10.2. The number of hydrogen-bond donors (Lipinski definition) is 3. The van der Waals surface area contributed by atoms with Crippen molar-refractivity contribution in [2.45, 2.75) is 32.2 Å². The first-order valence-corrected chi connectivity index (χ1v) is 12.1. The minimum Gasteiger partial charge on any atom is -0.493 e. The van der Waals surface area contributed by atoms with Gasteiger partial charge in [0.15, 0.2) is 18.1 Å². The van der Waals surface area contributed by atoms with E-state index in [0.29, 0.717) is 36.4 Å². The summed E-state index contributed by atoms with van der Waals surface area (Å²) in [5, 5.41) is 6.52. The van der Waals surface area contributed by atoms with Crippen LogP contribution in [-0.2, 0) is 4.79 Å². The maximum Gasteiger partial charge on any atom is 0.260 e. The number of methoxy groups -OCH3 is 2. The van der Waals surface area contributed by atoms with E-state index >= 15 is 0 Å². The fraction of sp³-hybridized carbons (Fsp3) is 0.609. The molecule has 0 bridgehead atoms. The number of benzene rings is 1. The lowest BCUT2D eigenvalue weighted by molar-refractivity contribution is -0.133. The van der Waals surface area contributed by atoms with Crippen molar-refractivity contribution in [2.75, 3.05) is 59.8 Å². The second-order valence-corrected chi connectivity index (χ2v) is 8.82. The molecular formula is C23H38N4O4S. The molecule has 9 heteroatoms. The number of hydrogen-bond acceptors (Lipinski definition) is 8. The summed E-state index contributed by atoms with van der Waals surface area (Å²) in [6, 6.07) is 6.00. The molecule has 2 aliphatic heterocycles. The van der Waals surface area contributed by atoms with Gasteiger partial charge in [-0.15, -0.1) is 11.8 Å². The van der Waals surface area contributed by atoms with Crippen LogP contribution >= 0.6 is 11.8 Å². The zero-order valence-electron chi connectivity index (χ0n) is 19.7. The highest BCUT2D eigenvalue weighted by Gasteiger charge is 2.23. The maximum absolute atomic E-state index is 12.6. The lowest BCUT2D eigenvalue weighted by Gasteiger charge is -2.30. The number of nitrogens with two attached hydrogens (primary N) is 1. The van der Waals surface area contributed by atoms with Gasteiger partial charge in [0.1, 0.15) is 0 Å². The Labute approximate surface area is 196 Å². The number of amides is 1. The maximum atomic E-state index is 12.6. The van der Waals surface area contributed by atoms with Gasteiger partial charge >= 0.3 is 0 Å². The van der Waals surface area contributed by atoms with Crippen LogP contribution in [0, 0.1) is 0 Å². The molecule has 1 saturated heterocycles. The molecule has 1 unspecified atom stereocenters. The molecule has 180 valence electrons. The van der Waals surface area contributed by atoms with E-state index < -0.39 is 0 Å². The van der Waals surface area contributed by atoms with Gasteiger partial charge in [-0.2, -0.15) is 0 Å². The molecular weight excluding hydrogens is 428 g/mol. The molecule has 1 aromatic rings. The minimum absolute atomic E-state index is 0.0442. The molecule has 0 aliphatic carbocycles. The zero-order chi connectivity index (χ0) is 23.3. The number of carbonyl (C=O) groups is 1. The predicted molar refractivity (Wildman–Crippen MR) is 131 cm³/mol. The number of carbonyl (C=O) groups excluding carboxylic acids is 1. The van der Waals surface area contributed by atoms with Gasteiger partial charge in [-0.1, -0.05) is 13.0 Å². The Bertz CT molecular complexity index is 731. The first-order valence-electron chi connectivity index (χ1n) is 11.1. The number of ether oxygens (including phenoxy) is 3. The van der Waals surface area contributed by atoms with Crippen molar-refractivity contribution >= 4 is 17.7 Å². The second-order valence-electron chi connectivity index (χ2n) is 7.46. The van der Waals surface area contributed by atoms with E-state index in [2.05, 4.69) is 17.6 Å². The molecule has 8 nitrogen and oxygen atoms in total. The first kappa shape index (κ1) is 26.2. The van der Waals surface area contributed by atoms with Gasteiger partial charge in [0.05, 0.1) is 20.8 Å². The van der Waals surface area contributed by atoms with Crippen molar-refractivity contribution in [2.24, 2.45) is 5.73 Å². The molecule has 1 amide bonds. The molecule has 3 rings (SSSR count). The van der Waals surface area contributed by atoms with Gasteiger partial charge in [0.2, 0.25) is 5.75 Å². The molecule has 2 heterocycles. The van der Waals surface area contributed by atoms with Gasteiger partial charge in [-0.05, 0) is 37.3 Å². The van der Waals surface area contributed by atoms with Gasteiger partial charge in [0.25, 0.3) is 5.91 Å². The van der Waals surface area contributed by atoms with Crippen LogP contribution in [0.1, 0.15) is 26.2 Å². The highest BCUT2D eigenvalue weighted by molar-refractivity contribution is 8.03. The van der Waals surface area contributed by atoms with Crippen LogP contribution in [0.4, 0.5) is 0 Å². The Morgan fingerprint density at radius 1 is 1.31 bits per heavy atom. The van der Waals surface area contributed by atoms with Crippen LogP contribution in [-0.4, -0.2) is 76.7 Å². The minimum atomic E-state index is -0.0459. The zero-order valence-corrected chi connectivity index (χ0v) is 20.6. The molecule has 0 spiro atoms. The van der Waals surface area contributed by atoms with E-state index in [1.165, 1.54) is 30.0 Å². The fourth-order valence-electron chi connectivity index (χ4n) is 3.66. The fourth-order valence-corrected chi connectivity index (χ4v) is 4.63. The first-order chi connectivity index (χ1) is 15.6. The van der Waals surface area contributed by atoms with Crippen LogP contribution in [0.15, 0.2) is 28.8 Å². The monoisotopic (exact) mass is 466 g/mol. The van der Waals surface area contributed by atoms with Crippen LogP contribution in [0.2, 0.25) is 0 Å². The van der Waals surface area contributed by atoms with Gasteiger partial charge < -0.3 is 35.5 Å². The third kappa shape index (κ3) is 7.50. The normalized spacial score (nSPS) is 18.0. The molecule has 1 aromatic carbocycles. The summed E-state index contributed by atoms with van der Waals surface area (Å²) in [7, 11) is 5.05. The Kier molecular flexibility index (Phi) is 11.5. The Morgan fingerprint density at radius 2 is 2.03 bits per heavy atom. The molecule has 1 atom stereocenters. The van der Waals surface area contributed by atoms with Crippen molar-refractivity contribution in [3.63, 3.8) is 0 Å². The number of thioether (sulfide) groups is 1. The van der Waals surface area contributed by atoms with Crippen LogP contribution < -0.4 is 30.6 Å². The van der Waals surface area contributed by atoms with Crippen molar-refractivity contribution < 1.29 is 19.0 Å². The van der Waals surface area contributed by atoms with E-state index in [-0.39, 0.29) is 12.5 Å². The highest BCUT2D eigenvalue weighted by Crippen LogP contribution is 2.36. The average Bonchev–Trinajstić information content (AvgIpc) is 3.37. The number of para-hydroxylation sites is 1. The lowest BCUT2D eigenvalue weighted by Crippen LogP contribution is -2.40. The topological polar surface area (TPSA) is 98.1 Å².